The van der Waals surface area contributed by atoms with E-state index in [2.05, 4.69) is 0 Å². The average Bonchev–Trinajstić information content (AvgIpc) is 1.94. The van der Waals surface area contributed by atoms with Gasteiger partial charge in [0, 0.05) is 0 Å². The molecular weight excluding hydrogens is 120 g/mol. The van der Waals surface area contributed by atoms with Gasteiger partial charge in [0.2, 0.25) is 0 Å². The highest BCUT2D eigenvalue weighted by molar-refractivity contribution is 6.26. The topological polar surface area (TPSA) is 0 Å². The van der Waals surface area contributed by atoms with E-state index in [0.717, 1.165) is 0 Å². The molecule has 0 heterocycles. The fourth-order valence-corrected chi connectivity index (χ4v) is 1.38. The fourth-order valence-electron chi connectivity index (χ4n) is 1.11. The molecule has 0 amide bonds. The number of hydrogen-bond donors (Lipinski definition) is 0. The van der Waals surface area contributed by atoms with Gasteiger partial charge in [-0.2, -0.15) is 0 Å². The second-order valence-corrected chi connectivity index (χ2v) is 2.97. The highest BCUT2D eigenvalue weighted by Gasteiger charge is 2.07. The van der Waals surface area contributed by atoms with Gasteiger partial charge in [-0.15, -0.1) is 11.6 Å². The van der Waals surface area contributed by atoms with Crippen LogP contribution < -0.4 is 0 Å². The van der Waals surface area contributed by atoms with Gasteiger partial charge in [0.1, 0.15) is 0 Å². The lowest BCUT2D eigenvalue weighted by atomic mass is 10.2. The minimum Gasteiger partial charge on any atom is -0.117 e. The predicted octanol–water partition coefficient (Wildman–Crippen LogP) is 3.11. The van der Waals surface area contributed by atoms with Gasteiger partial charge in [0.25, 0.3) is 0 Å². The Kier molecular flexibility index (Phi) is 2.68. The molecule has 1 aliphatic carbocycles. The van der Waals surface area contributed by atoms with Crippen LogP contribution in [0.4, 0.5) is 0 Å². The molecule has 1 radical (unpaired) electrons. The van der Waals surface area contributed by atoms with Crippen LogP contribution in [0.25, 0.3) is 0 Å². The predicted molar refractivity (Wildman–Crippen MR) is 36.8 cm³/mol. The first-order chi connectivity index (χ1) is 3.89. The van der Waals surface area contributed by atoms with Gasteiger partial charge in [0.15, 0.2) is 0 Å². The normalized spacial score (nSPS) is 25.1. The highest BCUT2D eigenvalue weighted by atomic mass is 35.5. The summed E-state index contributed by atoms with van der Waals surface area (Å²) in [6.07, 6.45) is 7.74. The van der Waals surface area contributed by atoms with Crippen molar-refractivity contribution in [1.29, 1.82) is 0 Å². The molecule has 1 fully saturated rings. The van der Waals surface area contributed by atoms with E-state index >= 15 is 0 Å². The number of rotatable bonds is 0. The van der Waals surface area contributed by atoms with E-state index in [1.165, 1.54) is 43.9 Å². The van der Waals surface area contributed by atoms with Gasteiger partial charge in [-0.25, -0.2) is 0 Å². The summed E-state index contributed by atoms with van der Waals surface area (Å²) >= 11 is 5.84. The van der Waals surface area contributed by atoms with Crippen LogP contribution in [0.1, 0.15) is 38.5 Å². The summed E-state index contributed by atoms with van der Waals surface area (Å²) in [6, 6.07) is 0. The van der Waals surface area contributed by atoms with E-state index in [-0.39, 0.29) is 0 Å². The molecule has 0 nitrogen and oxygen atoms in total. The van der Waals surface area contributed by atoms with E-state index < -0.39 is 0 Å². The summed E-state index contributed by atoms with van der Waals surface area (Å²) in [4.78, 5) is 0. The quantitative estimate of drug-likeness (QED) is 0.443. The largest absolute Gasteiger partial charge is 0.117 e. The van der Waals surface area contributed by atoms with Crippen molar-refractivity contribution in [2.45, 2.75) is 38.5 Å². The van der Waals surface area contributed by atoms with E-state index in [0.29, 0.717) is 0 Å². The number of hydrogen-bond acceptors (Lipinski definition) is 0. The van der Waals surface area contributed by atoms with Gasteiger partial charge >= 0.3 is 0 Å². The zero-order chi connectivity index (χ0) is 5.82. The molecular formula is C7H12Cl. The van der Waals surface area contributed by atoms with Crippen LogP contribution >= 0.6 is 11.6 Å². The maximum Gasteiger partial charge on any atom is 0.0637 e. The maximum atomic E-state index is 5.84. The van der Waals surface area contributed by atoms with Crippen molar-refractivity contribution in [2.75, 3.05) is 0 Å². The Balaban J connectivity index is 2.17. The van der Waals surface area contributed by atoms with Crippen molar-refractivity contribution in [2.24, 2.45) is 0 Å². The molecule has 0 aromatic rings. The molecule has 0 aromatic carbocycles. The van der Waals surface area contributed by atoms with Crippen LogP contribution in [0.2, 0.25) is 0 Å². The summed E-state index contributed by atoms with van der Waals surface area (Å²) in [6.45, 7) is 0. The summed E-state index contributed by atoms with van der Waals surface area (Å²) in [5.41, 5.74) is 0. The fraction of sp³-hybridized carbons (Fsp3) is 0.857. The summed E-state index contributed by atoms with van der Waals surface area (Å²) < 4.78 is 0. The monoisotopic (exact) mass is 131 g/mol. The van der Waals surface area contributed by atoms with Gasteiger partial charge < -0.3 is 0 Å². The van der Waals surface area contributed by atoms with Gasteiger partial charge in [-0.3, -0.25) is 0 Å². The Morgan fingerprint density at radius 2 is 1.38 bits per heavy atom. The molecule has 0 spiro atoms. The van der Waals surface area contributed by atoms with Crippen LogP contribution in [0.3, 0.4) is 0 Å². The van der Waals surface area contributed by atoms with E-state index in [9.17, 15) is 0 Å². The van der Waals surface area contributed by atoms with Crippen molar-refractivity contribution in [1.82, 2.24) is 0 Å². The van der Waals surface area contributed by atoms with Crippen LogP contribution in [-0.4, -0.2) is 0 Å². The van der Waals surface area contributed by atoms with E-state index in [4.69, 9.17) is 11.6 Å². The van der Waals surface area contributed by atoms with Crippen molar-refractivity contribution in [3.05, 3.63) is 5.38 Å². The molecule has 0 saturated heterocycles. The minimum absolute atomic E-state index is 1.17. The zero-order valence-electron chi connectivity index (χ0n) is 5.12. The molecule has 1 rings (SSSR count). The Hall–Kier alpha value is 0.290. The van der Waals surface area contributed by atoms with Crippen LogP contribution in [0, 0.1) is 5.38 Å². The standard InChI is InChI=1S/C7H12Cl/c8-7-5-3-1-2-4-6-7/h1-6H2. The molecule has 0 bridgehead atoms. The van der Waals surface area contributed by atoms with Crippen LogP contribution in [-0.2, 0) is 0 Å². The van der Waals surface area contributed by atoms with Crippen molar-refractivity contribution < 1.29 is 0 Å². The first-order valence-corrected chi connectivity index (χ1v) is 3.77. The second-order valence-electron chi connectivity index (χ2n) is 2.43. The van der Waals surface area contributed by atoms with Crippen LogP contribution in [0.5, 0.6) is 0 Å². The number of halogens is 1. The van der Waals surface area contributed by atoms with Gasteiger partial charge in [0.05, 0.1) is 5.38 Å². The molecule has 0 aliphatic heterocycles. The first kappa shape index (κ1) is 6.41. The van der Waals surface area contributed by atoms with E-state index in [1.54, 1.807) is 0 Å². The highest BCUT2D eigenvalue weighted by Crippen LogP contribution is 2.26. The van der Waals surface area contributed by atoms with Crippen molar-refractivity contribution in [3.8, 4) is 0 Å². The Morgan fingerprint density at radius 3 is 1.88 bits per heavy atom. The third kappa shape index (κ3) is 2.04. The van der Waals surface area contributed by atoms with E-state index in [1.807, 2.05) is 0 Å². The maximum absolute atomic E-state index is 5.84. The molecule has 0 atom stereocenters. The molecule has 8 heavy (non-hydrogen) atoms. The molecule has 0 N–H and O–H groups in total. The summed E-state index contributed by atoms with van der Waals surface area (Å²) in [7, 11) is 0. The molecule has 1 heteroatoms. The third-order valence-electron chi connectivity index (χ3n) is 1.65. The van der Waals surface area contributed by atoms with Crippen LogP contribution in [0.15, 0.2) is 0 Å². The second kappa shape index (κ2) is 3.34. The average molecular weight is 132 g/mol. The first-order valence-electron chi connectivity index (χ1n) is 3.40. The van der Waals surface area contributed by atoms with Gasteiger partial charge in [-0.05, 0) is 12.8 Å². The third-order valence-corrected chi connectivity index (χ3v) is 2.02. The Labute approximate surface area is 56.2 Å². The Morgan fingerprint density at radius 1 is 0.875 bits per heavy atom. The van der Waals surface area contributed by atoms with Crippen molar-refractivity contribution in [3.63, 3.8) is 0 Å². The minimum atomic E-state index is 1.17. The molecule has 0 aromatic heterocycles. The molecule has 1 saturated carbocycles. The lowest BCUT2D eigenvalue weighted by Crippen LogP contribution is -1.81. The SMILES string of the molecule is Cl[C]1CCCCCC1. The zero-order valence-corrected chi connectivity index (χ0v) is 5.88. The summed E-state index contributed by atoms with van der Waals surface area (Å²) in [5.74, 6) is 0. The Bertz CT molecular complexity index is 53.4. The van der Waals surface area contributed by atoms with Crippen molar-refractivity contribution >= 4 is 11.6 Å². The lowest BCUT2D eigenvalue weighted by molar-refractivity contribution is 0.702. The summed E-state index contributed by atoms with van der Waals surface area (Å²) in [5, 5.41) is 1.20. The van der Waals surface area contributed by atoms with Gasteiger partial charge in [-0.1, -0.05) is 25.7 Å². The molecule has 1 aliphatic rings. The lowest BCUT2D eigenvalue weighted by Gasteiger charge is -1.98. The molecule has 47 valence electrons. The smallest absolute Gasteiger partial charge is 0.0637 e. The molecule has 0 unspecified atom stereocenters.